The number of anilines is 2. The molecule has 0 aliphatic carbocycles. The summed E-state index contributed by atoms with van der Waals surface area (Å²) in [5.74, 6) is -0.193. The average molecular weight is 289 g/mol. The number of hydrogen-bond acceptors (Lipinski definition) is 2. The Bertz CT molecular complexity index is 657. The Kier molecular flexibility index (Phi) is 4.00. The largest absolute Gasteiger partial charge is 0.398 e. The summed E-state index contributed by atoms with van der Waals surface area (Å²) in [5, 5.41) is 3.31. The quantitative estimate of drug-likeness (QED) is 0.818. The molecule has 0 bridgehead atoms. The number of carbonyl (C=O) groups is 1. The van der Waals surface area contributed by atoms with E-state index in [2.05, 4.69) is 5.32 Å². The first-order valence-electron chi connectivity index (χ1n) is 6.32. The van der Waals surface area contributed by atoms with Gasteiger partial charge in [0.1, 0.15) is 0 Å². The highest BCUT2D eigenvalue weighted by Gasteiger charge is 2.11. The molecule has 0 radical (unpaired) electrons. The number of halogens is 1. The molecular weight excluding hydrogens is 272 g/mol. The van der Waals surface area contributed by atoms with Gasteiger partial charge in [-0.2, -0.15) is 0 Å². The molecule has 0 saturated heterocycles. The lowest BCUT2D eigenvalue weighted by Crippen LogP contribution is -2.14. The molecule has 0 aliphatic heterocycles. The number of rotatable bonds is 2. The van der Waals surface area contributed by atoms with E-state index in [9.17, 15) is 4.79 Å². The predicted molar refractivity (Wildman–Crippen MR) is 84.5 cm³/mol. The van der Waals surface area contributed by atoms with E-state index in [0.717, 1.165) is 16.8 Å². The second-order valence-electron chi connectivity index (χ2n) is 4.96. The van der Waals surface area contributed by atoms with E-state index in [1.54, 1.807) is 18.2 Å². The molecule has 0 spiro atoms. The van der Waals surface area contributed by atoms with Crippen molar-refractivity contribution in [2.24, 2.45) is 0 Å². The van der Waals surface area contributed by atoms with Crippen molar-refractivity contribution in [3.63, 3.8) is 0 Å². The van der Waals surface area contributed by atoms with Gasteiger partial charge in [0.25, 0.3) is 5.91 Å². The summed E-state index contributed by atoms with van der Waals surface area (Å²) in [4.78, 5) is 12.3. The number of carbonyl (C=O) groups excluding carboxylic acids is 1. The maximum Gasteiger partial charge on any atom is 0.255 e. The van der Waals surface area contributed by atoms with Crippen LogP contribution in [-0.4, -0.2) is 5.91 Å². The number of nitrogens with one attached hydrogen (secondary N) is 1. The molecule has 2 rings (SSSR count). The van der Waals surface area contributed by atoms with E-state index in [0.29, 0.717) is 16.3 Å². The highest BCUT2D eigenvalue weighted by Crippen LogP contribution is 2.24. The molecule has 2 aromatic rings. The molecular formula is C16H17ClN2O. The maximum absolute atomic E-state index is 12.3. The number of nitrogen functional groups attached to an aromatic ring is 1. The molecule has 20 heavy (non-hydrogen) atoms. The third kappa shape index (κ3) is 2.94. The van der Waals surface area contributed by atoms with E-state index >= 15 is 0 Å². The highest BCUT2D eigenvalue weighted by molar-refractivity contribution is 6.33. The summed E-state index contributed by atoms with van der Waals surface area (Å²) in [5.41, 5.74) is 10.7. The number of nitrogens with two attached hydrogens (primary N) is 1. The van der Waals surface area contributed by atoms with Gasteiger partial charge in [0.05, 0.1) is 10.7 Å². The number of benzene rings is 2. The summed E-state index contributed by atoms with van der Waals surface area (Å²) < 4.78 is 0. The molecule has 4 heteroatoms. The Morgan fingerprint density at radius 3 is 2.25 bits per heavy atom. The topological polar surface area (TPSA) is 55.1 Å². The number of amides is 1. The molecule has 0 heterocycles. The van der Waals surface area contributed by atoms with E-state index in [-0.39, 0.29) is 5.91 Å². The van der Waals surface area contributed by atoms with Crippen molar-refractivity contribution in [2.75, 3.05) is 11.1 Å². The van der Waals surface area contributed by atoms with Crippen molar-refractivity contribution in [3.05, 3.63) is 57.6 Å². The lowest BCUT2D eigenvalue weighted by atomic mass is 10.0. The average Bonchev–Trinajstić information content (AvgIpc) is 2.36. The summed E-state index contributed by atoms with van der Waals surface area (Å²) in [7, 11) is 0. The van der Waals surface area contributed by atoms with Crippen LogP contribution < -0.4 is 11.1 Å². The standard InChI is InChI=1S/C16H17ClN2O/c1-9-6-10(2)15(11(3)7-9)19-16(20)12-4-5-14(18)13(17)8-12/h4-8H,18H2,1-3H3,(H,19,20). The Hall–Kier alpha value is -2.00. The molecule has 2 aromatic carbocycles. The van der Waals surface area contributed by atoms with Crippen LogP contribution in [0.3, 0.4) is 0 Å². The van der Waals surface area contributed by atoms with Gasteiger partial charge in [-0.1, -0.05) is 29.3 Å². The molecule has 0 atom stereocenters. The summed E-state index contributed by atoms with van der Waals surface area (Å²) >= 11 is 5.94. The van der Waals surface area contributed by atoms with E-state index in [4.69, 9.17) is 17.3 Å². The fraction of sp³-hybridized carbons (Fsp3) is 0.188. The van der Waals surface area contributed by atoms with Crippen LogP contribution in [0.15, 0.2) is 30.3 Å². The van der Waals surface area contributed by atoms with Gasteiger partial charge in [0.2, 0.25) is 0 Å². The van der Waals surface area contributed by atoms with E-state index in [1.165, 1.54) is 5.56 Å². The van der Waals surface area contributed by atoms with Crippen molar-refractivity contribution in [3.8, 4) is 0 Å². The van der Waals surface area contributed by atoms with Crippen LogP contribution in [0.4, 0.5) is 11.4 Å². The van der Waals surface area contributed by atoms with Gasteiger partial charge in [-0.15, -0.1) is 0 Å². The molecule has 3 N–H and O–H groups in total. The van der Waals surface area contributed by atoms with Crippen molar-refractivity contribution >= 4 is 28.9 Å². The summed E-state index contributed by atoms with van der Waals surface area (Å²) in [6.07, 6.45) is 0. The smallest absolute Gasteiger partial charge is 0.255 e. The molecule has 0 aromatic heterocycles. The van der Waals surface area contributed by atoms with Crippen LogP contribution in [0.1, 0.15) is 27.0 Å². The first kappa shape index (κ1) is 14.4. The fourth-order valence-corrected chi connectivity index (χ4v) is 2.41. The van der Waals surface area contributed by atoms with Crippen molar-refractivity contribution in [2.45, 2.75) is 20.8 Å². The minimum Gasteiger partial charge on any atom is -0.398 e. The van der Waals surface area contributed by atoms with Crippen LogP contribution in [0.2, 0.25) is 5.02 Å². The van der Waals surface area contributed by atoms with Gasteiger partial charge in [0, 0.05) is 11.3 Å². The van der Waals surface area contributed by atoms with Gasteiger partial charge in [-0.3, -0.25) is 4.79 Å². The first-order valence-corrected chi connectivity index (χ1v) is 6.70. The summed E-state index contributed by atoms with van der Waals surface area (Å²) in [6.45, 7) is 5.99. The van der Waals surface area contributed by atoms with Gasteiger partial charge in [-0.25, -0.2) is 0 Å². The van der Waals surface area contributed by atoms with Crippen LogP contribution >= 0.6 is 11.6 Å². The minimum atomic E-state index is -0.193. The molecule has 3 nitrogen and oxygen atoms in total. The predicted octanol–water partition coefficient (Wildman–Crippen LogP) is 4.10. The number of hydrogen-bond donors (Lipinski definition) is 2. The van der Waals surface area contributed by atoms with Crippen molar-refractivity contribution in [1.82, 2.24) is 0 Å². The van der Waals surface area contributed by atoms with Gasteiger partial charge < -0.3 is 11.1 Å². The highest BCUT2D eigenvalue weighted by atomic mass is 35.5. The van der Waals surface area contributed by atoms with E-state index < -0.39 is 0 Å². The second kappa shape index (κ2) is 5.55. The van der Waals surface area contributed by atoms with E-state index in [1.807, 2.05) is 32.9 Å². The minimum absolute atomic E-state index is 0.193. The molecule has 0 unspecified atom stereocenters. The van der Waals surface area contributed by atoms with Gasteiger partial charge in [0.15, 0.2) is 0 Å². The fourth-order valence-electron chi connectivity index (χ4n) is 2.23. The van der Waals surface area contributed by atoms with Crippen LogP contribution in [0.5, 0.6) is 0 Å². The lowest BCUT2D eigenvalue weighted by Gasteiger charge is -2.13. The zero-order valence-corrected chi connectivity index (χ0v) is 12.5. The zero-order valence-electron chi connectivity index (χ0n) is 11.8. The molecule has 0 aliphatic rings. The summed E-state index contributed by atoms with van der Waals surface area (Å²) in [6, 6.07) is 8.95. The molecule has 1 amide bonds. The number of aryl methyl sites for hydroxylation is 3. The second-order valence-corrected chi connectivity index (χ2v) is 5.37. The Morgan fingerprint density at radius 2 is 1.70 bits per heavy atom. The normalized spacial score (nSPS) is 10.4. The van der Waals surface area contributed by atoms with Gasteiger partial charge in [-0.05, 0) is 50.1 Å². The van der Waals surface area contributed by atoms with Crippen LogP contribution in [0.25, 0.3) is 0 Å². The SMILES string of the molecule is Cc1cc(C)c(NC(=O)c2ccc(N)c(Cl)c2)c(C)c1. The third-order valence-electron chi connectivity index (χ3n) is 3.18. The van der Waals surface area contributed by atoms with Crippen LogP contribution in [-0.2, 0) is 0 Å². The molecule has 0 saturated carbocycles. The monoisotopic (exact) mass is 288 g/mol. The third-order valence-corrected chi connectivity index (χ3v) is 3.51. The van der Waals surface area contributed by atoms with Crippen molar-refractivity contribution in [1.29, 1.82) is 0 Å². The zero-order chi connectivity index (χ0) is 14.9. The first-order chi connectivity index (χ1) is 9.38. The lowest BCUT2D eigenvalue weighted by molar-refractivity contribution is 0.102. The molecule has 104 valence electrons. The molecule has 0 fully saturated rings. The Balaban J connectivity index is 2.30. The van der Waals surface area contributed by atoms with Gasteiger partial charge >= 0.3 is 0 Å². The maximum atomic E-state index is 12.3. The Morgan fingerprint density at radius 1 is 1.10 bits per heavy atom. The Labute approximate surface area is 123 Å². The van der Waals surface area contributed by atoms with Crippen molar-refractivity contribution < 1.29 is 4.79 Å². The van der Waals surface area contributed by atoms with Crippen LogP contribution in [0, 0.1) is 20.8 Å².